The molecule has 1 fully saturated rings. The Balaban J connectivity index is 0.00000192. The molecule has 1 aliphatic rings. The molecule has 0 atom stereocenters. The molecule has 122 valence electrons. The Labute approximate surface area is 140 Å². The molecule has 2 heteroatoms. The minimum Gasteiger partial charge on any atom is -0.371 e. The number of hydrogen-bond acceptors (Lipinski definition) is 2. The fourth-order valence-electron chi connectivity index (χ4n) is 3.51. The van der Waals surface area contributed by atoms with Gasteiger partial charge in [-0.15, -0.1) is 0 Å². The third-order valence-electron chi connectivity index (χ3n) is 4.63. The van der Waals surface area contributed by atoms with E-state index in [4.69, 9.17) is 0 Å². The summed E-state index contributed by atoms with van der Waals surface area (Å²) in [5.41, 5.74) is 6.78. The van der Waals surface area contributed by atoms with E-state index >= 15 is 0 Å². The Morgan fingerprint density at radius 3 is 2.13 bits per heavy atom. The van der Waals surface area contributed by atoms with E-state index in [1.807, 2.05) is 12.1 Å². The quantitative estimate of drug-likeness (QED) is 0.707. The maximum Gasteiger partial charge on any atom is 0.150 e. The normalized spacial score (nSPS) is 14.3. The van der Waals surface area contributed by atoms with Gasteiger partial charge >= 0.3 is 0 Å². The average Bonchev–Trinajstić information content (AvgIpc) is 2.56. The summed E-state index contributed by atoms with van der Waals surface area (Å²) in [5, 5.41) is 0. The second-order valence-corrected chi connectivity index (χ2v) is 6.17. The summed E-state index contributed by atoms with van der Waals surface area (Å²) in [6.45, 7) is 6.45. The molecule has 2 nitrogen and oxygen atoms in total. The fraction of sp³-hybridized carbons (Fsp3) is 0.381. The molecule has 2 aromatic rings. The largest absolute Gasteiger partial charge is 0.371 e. The molecule has 0 bridgehead atoms. The van der Waals surface area contributed by atoms with Crippen molar-refractivity contribution in [2.24, 2.45) is 0 Å². The lowest BCUT2D eigenvalue weighted by atomic mass is 9.90. The molecule has 3 rings (SSSR count). The smallest absolute Gasteiger partial charge is 0.150 e. The van der Waals surface area contributed by atoms with Gasteiger partial charge in [-0.1, -0.05) is 37.8 Å². The predicted molar refractivity (Wildman–Crippen MR) is 99.5 cm³/mol. The number of rotatable bonds is 3. The maximum atomic E-state index is 11.5. The number of aldehydes is 1. The van der Waals surface area contributed by atoms with E-state index in [1.54, 1.807) is 0 Å². The summed E-state index contributed by atoms with van der Waals surface area (Å²) in [5.74, 6) is 0. The molecular weight excluding hydrogens is 282 g/mol. The number of carbonyl (C=O) groups excluding carboxylic acids is 1. The molecular formula is C21H27NO. The van der Waals surface area contributed by atoms with Gasteiger partial charge in [0, 0.05) is 29.9 Å². The molecule has 0 spiro atoms. The zero-order valence-electron chi connectivity index (χ0n) is 13.4. The second kappa shape index (κ2) is 7.45. The number of anilines is 1. The Kier molecular flexibility index (Phi) is 5.59. The summed E-state index contributed by atoms with van der Waals surface area (Å²) in [6.07, 6.45) is 4.81. The molecule has 1 heterocycles. The summed E-state index contributed by atoms with van der Waals surface area (Å²) in [7, 11) is 0. The molecule has 0 aromatic heterocycles. The van der Waals surface area contributed by atoms with Gasteiger partial charge in [0.15, 0.2) is 6.29 Å². The molecule has 23 heavy (non-hydrogen) atoms. The van der Waals surface area contributed by atoms with Gasteiger partial charge in [0.25, 0.3) is 0 Å². The van der Waals surface area contributed by atoms with Crippen LogP contribution < -0.4 is 4.90 Å². The van der Waals surface area contributed by atoms with E-state index in [-0.39, 0.29) is 7.43 Å². The van der Waals surface area contributed by atoms with Crippen LogP contribution in [-0.4, -0.2) is 19.4 Å². The first kappa shape index (κ1) is 17.3. The molecule has 0 radical (unpaired) electrons. The monoisotopic (exact) mass is 309 g/mol. The van der Waals surface area contributed by atoms with Crippen LogP contribution in [0.25, 0.3) is 11.1 Å². The average molecular weight is 309 g/mol. The van der Waals surface area contributed by atoms with Crippen LogP contribution in [0.3, 0.4) is 0 Å². The minimum atomic E-state index is 0. The van der Waals surface area contributed by atoms with E-state index in [0.29, 0.717) is 0 Å². The van der Waals surface area contributed by atoms with Crippen LogP contribution in [0.1, 0.15) is 48.2 Å². The van der Waals surface area contributed by atoms with Gasteiger partial charge in [-0.2, -0.15) is 0 Å². The number of nitrogens with zero attached hydrogens (tertiary/aromatic N) is 1. The van der Waals surface area contributed by atoms with Crippen molar-refractivity contribution in [1.82, 2.24) is 0 Å². The van der Waals surface area contributed by atoms with Crippen molar-refractivity contribution in [2.45, 2.75) is 40.5 Å². The van der Waals surface area contributed by atoms with Crippen molar-refractivity contribution in [3.8, 4) is 11.1 Å². The molecule has 0 aliphatic carbocycles. The molecule has 0 amide bonds. The highest BCUT2D eigenvalue weighted by atomic mass is 16.1. The molecule has 2 aromatic carbocycles. The van der Waals surface area contributed by atoms with E-state index < -0.39 is 0 Å². The van der Waals surface area contributed by atoms with Crippen LogP contribution >= 0.6 is 0 Å². The van der Waals surface area contributed by atoms with Crippen molar-refractivity contribution in [3.63, 3.8) is 0 Å². The predicted octanol–water partition coefficient (Wildman–Crippen LogP) is 5.41. The highest BCUT2D eigenvalue weighted by Crippen LogP contribution is 2.38. The number of hydrogen-bond donors (Lipinski definition) is 0. The first-order valence-corrected chi connectivity index (χ1v) is 8.12. The van der Waals surface area contributed by atoms with E-state index in [9.17, 15) is 4.79 Å². The molecule has 1 saturated heterocycles. The molecule has 0 saturated carbocycles. The Morgan fingerprint density at radius 2 is 1.48 bits per heavy atom. The van der Waals surface area contributed by atoms with Crippen LogP contribution in [-0.2, 0) is 0 Å². The number of carbonyl (C=O) groups is 1. The summed E-state index contributed by atoms with van der Waals surface area (Å²) in [6, 6.07) is 12.4. The fourth-order valence-corrected chi connectivity index (χ4v) is 3.51. The third kappa shape index (κ3) is 3.31. The van der Waals surface area contributed by atoms with Crippen molar-refractivity contribution in [1.29, 1.82) is 0 Å². The maximum absolute atomic E-state index is 11.5. The van der Waals surface area contributed by atoms with Crippen LogP contribution in [0.15, 0.2) is 36.4 Å². The lowest BCUT2D eigenvalue weighted by Gasteiger charge is -2.32. The number of piperidine rings is 1. The molecule has 1 aliphatic heterocycles. The van der Waals surface area contributed by atoms with Gasteiger partial charge in [-0.3, -0.25) is 4.79 Å². The van der Waals surface area contributed by atoms with Gasteiger partial charge in [-0.25, -0.2) is 0 Å². The van der Waals surface area contributed by atoms with Crippen LogP contribution in [0.2, 0.25) is 0 Å². The first-order valence-electron chi connectivity index (χ1n) is 8.12. The van der Waals surface area contributed by atoms with E-state index in [0.717, 1.165) is 36.1 Å². The topological polar surface area (TPSA) is 20.3 Å². The summed E-state index contributed by atoms with van der Waals surface area (Å²) >= 11 is 0. The Hall–Kier alpha value is -2.09. The number of aryl methyl sites for hydroxylation is 2. The van der Waals surface area contributed by atoms with Crippen LogP contribution in [0, 0.1) is 13.8 Å². The zero-order valence-corrected chi connectivity index (χ0v) is 13.4. The van der Waals surface area contributed by atoms with Crippen molar-refractivity contribution in [3.05, 3.63) is 53.1 Å². The molecule has 0 N–H and O–H groups in total. The minimum absolute atomic E-state index is 0. The van der Waals surface area contributed by atoms with Gasteiger partial charge in [-0.05, 0) is 55.9 Å². The summed E-state index contributed by atoms with van der Waals surface area (Å²) in [4.78, 5) is 14.0. The third-order valence-corrected chi connectivity index (χ3v) is 4.63. The first-order chi connectivity index (χ1) is 10.7. The SMILES string of the molecule is C.Cc1cccc(C=O)c1-c1c(C)cccc1N1CCCCC1. The van der Waals surface area contributed by atoms with E-state index in [2.05, 4.69) is 43.0 Å². The Bertz CT molecular complexity index is 684. The lowest BCUT2D eigenvalue weighted by molar-refractivity contribution is 0.112. The zero-order chi connectivity index (χ0) is 15.5. The van der Waals surface area contributed by atoms with Crippen LogP contribution in [0.4, 0.5) is 5.69 Å². The lowest BCUT2D eigenvalue weighted by Crippen LogP contribution is -2.30. The van der Waals surface area contributed by atoms with Gasteiger partial charge in [0.1, 0.15) is 0 Å². The highest BCUT2D eigenvalue weighted by Gasteiger charge is 2.19. The summed E-state index contributed by atoms with van der Waals surface area (Å²) < 4.78 is 0. The Morgan fingerprint density at radius 1 is 0.870 bits per heavy atom. The van der Waals surface area contributed by atoms with Crippen LogP contribution in [0.5, 0.6) is 0 Å². The van der Waals surface area contributed by atoms with Gasteiger partial charge in [0.2, 0.25) is 0 Å². The standard InChI is InChI=1S/C20H23NO.CH4/c1-15-8-6-10-17(14-22)19(15)20-16(2)9-7-11-18(20)21-12-4-3-5-13-21;/h6-11,14H,3-5,12-13H2,1-2H3;1H4. The van der Waals surface area contributed by atoms with Crippen molar-refractivity contribution in [2.75, 3.05) is 18.0 Å². The van der Waals surface area contributed by atoms with Crippen molar-refractivity contribution < 1.29 is 4.79 Å². The number of benzene rings is 2. The van der Waals surface area contributed by atoms with E-state index in [1.165, 1.54) is 36.1 Å². The van der Waals surface area contributed by atoms with Crippen molar-refractivity contribution >= 4 is 12.0 Å². The second-order valence-electron chi connectivity index (χ2n) is 6.17. The molecule has 0 unspecified atom stereocenters. The van der Waals surface area contributed by atoms with Gasteiger partial charge in [0.05, 0.1) is 0 Å². The highest BCUT2D eigenvalue weighted by molar-refractivity contribution is 5.94. The van der Waals surface area contributed by atoms with Gasteiger partial charge < -0.3 is 4.90 Å².